The highest BCUT2D eigenvalue weighted by Crippen LogP contribution is 2.02. The summed E-state index contributed by atoms with van der Waals surface area (Å²) in [6.07, 6.45) is 4.36. The van der Waals surface area contributed by atoms with Gasteiger partial charge in [-0.3, -0.25) is 14.7 Å². The molecule has 0 aliphatic rings. The van der Waals surface area contributed by atoms with E-state index in [1.165, 1.54) is 5.56 Å². The maximum Gasteiger partial charge on any atom is 0.194 e. The highest BCUT2D eigenvalue weighted by atomic mass is 15.4. The Morgan fingerprint density at radius 2 is 2.17 bits per heavy atom. The molecule has 23 heavy (non-hydrogen) atoms. The first-order valence-corrected chi connectivity index (χ1v) is 7.84. The van der Waals surface area contributed by atoms with Gasteiger partial charge in [0.15, 0.2) is 5.96 Å². The second-order valence-electron chi connectivity index (χ2n) is 5.45. The number of nitrogens with one attached hydrogen (secondary N) is 1. The van der Waals surface area contributed by atoms with Gasteiger partial charge in [-0.2, -0.15) is 5.10 Å². The Bertz CT molecular complexity index is 630. The van der Waals surface area contributed by atoms with Crippen molar-refractivity contribution in [3.05, 3.63) is 41.7 Å². The van der Waals surface area contributed by atoms with Gasteiger partial charge >= 0.3 is 0 Å². The summed E-state index contributed by atoms with van der Waals surface area (Å²) in [5.74, 6) is 1.77. The molecule has 7 nitrogen and oxygen atoms in total. The average molecular weight is 315 g/mol. The summed E-state index contributed by atoms with van der Waals surface area (Å²) in [6, 6.07) is 4.14. The zero-order valence-electron chi connectivity index (χ0n) is 14.3. The number of hydrogen-bond acceptors (Lipinski definition) is 4. The summed E-state index contributed by atoms with van der Waals surface area (Å²) in [7, 11) is 3.90. The fourth-order valence-electron chi connectivity index (χ4n) is 2.16. The lowest BCUT2D eigenvalue weighted by Crippen LogP contribution is -2.39. The molecule has 1 N–H and O–H groups in total. The lowest BCUT2D eigenvalue weighted by molar-refractivity contribution is 0.448. The fraction of sp³-hybridized carbons (Fsp3) is 0.500. The summed E-state index contributed by atoms with van der Waals surface area (Å²) < 4.78 is 1.78. The third-order valence-electron chi connectivity index (χ3n) is 3.51. The van der Waals surface area contributed by atoms with Crippen molar-refractivity contribution < 1.29 is 0 Å². The number of aliphatic imine (C=N–C) groups is 1. The molecule has 0 amide bonds. The number of hydrogen-bond donors (Lipinski definition) is 1. The van der Waals surface area contributed by atoms with Crippen molar-refractivity contribution in [3.63, 3.8) is 0 Å². The predicted octanol–water partition coefficient (Wildman–Crippen LogP) is 1.16. The maximum absolute atomic E-state index is 4.69. The lowest BCUT2D eigenvalue weighted by Gasteiger charge is -2.21. The van der Waals surface area contributed by atoms with Crippen LogP contribution in [0.5, 0.6) is 0 Å². The summed E-state index contributed by atoms with van der Waals surface area (Å²) in [4.78, 5) is 15.3. The predicted molar refractivity (Wildman–Crippen MR) is 91.1 cm³/mol. The standard InChI is InChI=1S/C16H25N7/c1-5-17-16(22(3)11-15-20-12-21-23(15)4)18-9-8-14-7-6-13(2)19-10-14/h6-7,10,12H,5,8-9,11H2,1-4H3,(H,17,18). The number of aromatic nitrogens is 4. The highest BCUT2D eigenvalue weighted by molar-refractivity contribution is 5.79. The molecule has 0 fully saturated rings. The maximum atomic E-state index is 4.69. The minimum absolute atomic E-state index is 0.661. The van der Waals surface area contributed by atoms with Crippen LogP contribution in [0.1, 0.15) is 24.0 Å². The van der Waals surface area contributed by atoms with Crippen LogP contribution in [0.3, 0.4) is 0 Å². The number of nitrogens with zero attached hydrogens (tertiary/aromatic N) is 6. The Balaban J connectivity index is 1.95. The van der Waals surface area contributed by atoms with Crippen LogP contribution in [-0.2, 0) is 20.0 Å². The van der Waals surface area contributed by atoms with Gasteiger partial charge in [-0.1, -0.05) is 6.07 Å². The molecule has 0 radical (unpaired) electrons. The second-order valence-corrected chi connectivity index (χ2v) is 5.45. The molecule has 0 saturated heterocycles. The van der Waals surface area contributed by atoms with E-state index in [1.807, 2.05) is 33.3 Å². The first kappa shape index (κ1) is 16.9. The largest absolute Gasteiger partial charge is 0.357 e. The molecule has 0 spiro atoms. The van der Waals surface area contributed by atoms with Crippen molar-refractivity contribution in [1.29, 1.82) is 0 Å². The third kappa shape index (κ3) is 5.05. The van der Waals surface area contributed by atoms with Gasteiger partial charge in [-0.15, -0.1) is 0 Å². The van der Waals surface area contributed by atoms with E-state index in [1.54, 1.807) is 11.0 Å². The van der Waals surface area contributed by atoms with Crippen LogP contribution in [0.25, 0.3) is 0 Å². The number of aryl methyl sites for hydroxylation is 2. The van der Waals surface area contributed by atoms with E-state index in [2.05, 4.69) is 43.3 Å². The zero-order chi connectivity index (χ0) is 16.7. The Morgan fingerprint density at radius 3 is 2.78 bits per heavy atom. The lowest BCUT2D eigenvalue weighted by atomic mass is 10.2. The van der Waals surface area contributed by atoms with Crippen LogP contribution in [0, 0.1) is 6.92 Å². The SMILES string of the molecule is CCNC(=NCCc1ccc(C)nc1)N(C)Cc1ncnn1C. The average Bonchev–Trinajstić information content (AvgIpc) is 2.93. The van der Waals surface area contributed by atoms with Crippen LogP contribution in [0.15, 0.2) is 29.6 Å². The van der Waals surface area contributed by atoms with Crippen molar-refractivity contribution in [3.8, 4) is 0 Å². The third-order valence-corrected chi connectivity index (χ3v) is 3.51. The second kappa shape index (κ2) is 8.26. The molecular formula is C16H25N7. The highest BCUT2D eigenvalue weighted by Gasteiger charge is 2.09. The van der Waals surface area contributed by atoms with Crippen LogP contribution in [0.4, 0.5) is 0 Å². The molecule has 124 valence electrons. The molecule has 2 aromatic heterocycles. The monoisotopic (exact) mass is 315 g/mol. The van der Waals surface area contributed by atoms with Gasteiger partial charge in [-0.05, 0) is 31.9 Å². The first-order chi connectivity index (χ1) is 11.1. The molecule has 0 bridgehead atoms. The summed E-state index contributed by atoms with van der Waals surface area (Å²) in [6.45, 7) is 6.26. The normalized spacial score (nSPS) is 11.6. The molecule has 0 saturated carbocycles. The van der Waals surface area contributed by atoms with Gasteiger partial charge in [0.1, 0.15) is 12.2 Å². The number of pyridine rings is 1. The Morgan fingerprint density at radius 1 is 1.35 bits per heavy atom. The van der Waals surface area contributed by atoms with E-state index in [0.717, 1.165) is 37.0 Å². The van der Waals surface area contributed by atoms with Crippen LogP contribution in [0.2, 0.25) is 0 Å². The van der Waals surface area contributed by atoms with Gasteiger partial charge < -0.3 is 10.2 Å². The van der Waals surface area contributed by atoms with Crippen molar-refractivity contribution in [1.82, 2.24) is 30.0 Å². The molecule has 0 aliphatic heterocycles. The molecule has 2 heterocycles. The zero-order valence-corrected chi connectivity index (χ0v) is 14.3. The minimum atomic E-state index is 0.661. The summed E-state index contributed by atoms with van der Waals surface area (Å²) in [5.41, 5.74) is 2.24. The van der Waals surface area contributed by atoms with Gasteiger partial charge in [0, 0.05) is 39.1 Å². The van der Waals surface area contributed by atoms with Crippen molar-refractivity contribution in [2.45, 2.75) is 26.8 Å². The minimum Gasteiger partial charge on any atom is -0.357 e. The molecule has 0 aliphatic carbocycles. The molecule has 2 aromatic rings. The van der Waals surface area contributed by atoms with E-state index < -0.39 is 0 Å². The fourth-order valence-corrected chi connectivity index (χ4v) is 2.16. The van der Waals surface area contributed by atoms with E-state index in [4.69, 9.17) is 0 Å². The molecule has 0 atom stereocenters. The van der Waals surface area contributed by atoms with E-state index in [0.29, 0.717) is 6.54 Å². The van der Waals surface area contributed by atoms with Crippen molar-refractivity contribution >= 4 is 5.96 Å². The molecule has 7 heteroatoms. The van der Waals surface area contributed by atoms with E-state index in [-0.39, 0.29) is 0 Å². The Labute approximate surface area is 137 Å². The Hall–Kier alpha value is -2.44. The molecular weight excluding hydrogens is 290 g/mol. The summed E-state index contributed by atoms with van der Waals surface area (Å²) in [5, 5.41) is 7.41. The summed E-state index contributed by atoms with van der Waals surface area (Å²) >= 11 is 0. The quantitative estimate of drug-likeness (QED) is 0.640. The van der Waals surface area contributed by atoms with Crippen LogP contribution in [-0.4, -0.2) is 50.7 Å². The molecule has 0 aromatic carbocycles. The van der Waals surface area contributed by atoms with Crippen LogP contribution >= 0.6 is 0 Å². The van der Waals surface area contributed by atoms with Gasteiger partial charge in [-0.25, -0.2) is 4.98 Å². The molecule has 2 rings (SSSR count). The number of rotatable bonds is 6. The Kier molecular flexibility index (Phi) is 6.08. The smallest absolute Gasteiger partial charge is 0.194 e. The van der Waals surface area contributed by atoms with Crippen molar-refractivity contribution in [2.75, 3.05) is 20.1 Å². The molecule has 0 unspecified atom stereocenters. The first-order valence-electron chi connectivity index (χ1n) is 7.84. The van der Waals surface area contributed by atoms with Crippen molar-refractivity contribution in [2.24, 2.45) is 12.0 Å². The van der Waals surface area contributed by atoms with Gasteiger partial charge in [0.2, 0.25) is 0 Å². The van der Waals surface area contributed by atoms with Gasteiger partial charge in [0.25, 0.3) is 0 Å². The van der Waals surface area contributed by atoms with Gasteiger partial charge in [0.05, 0.1) is 6.54 Å². The van der Waals surface area contributed by atoms with E-state index in [9.17, 15) is 0 Å². The van der Waals surface area contributed by atoms with E-state index >= 15 is 0 Å². The topological polar surface area (TPSA) is 71.2 Å². The number of guanidine groups is 1. The van der Waals surface area contributed by atoms with Crippen LogP contribution < -0.4 is 5.32 Å².